The van der Waals surface area contributed by atoms with E-state index in [0.29, 0.717) is 17.9 Å². The van der Waals surface area contributed by atoms with Crippen LogP contribution in [0.3, 0.4) is 0 Å². The Morgan fingerprint density at radius 3 is 2.48 bits per heavy atom. The molecule has 0 atom stereocenters. The SMILES string of the molecule is CCOC(=O)c1cccc(NC(=O)C2(c3ccc(F)cc3)CCC2)c1. The van der Waals surface area contributed by atoms with E-state index < -0.39 is 11.4 Å². The summed E-state index contributed by atoms with van der Waals surface area (Å²) in [6, 6.07) is 12.8. The molecule has 25 heavy (non-hydrogen) atoms. The van der Waals surface area contributed by atoms with Crippen LogP contribution in [0.25, 0.3) is 0 Å². The molecule has 1 amide bonds. The first-order chi connectivity index (χ1) is 12.0. The fourth-order valence-electron chi connectivity index (χ4n) is 3.14. The Morgan fingerprint density at radius 2 is 1.88 bits per heavy atom. The molecule has 0 heterocycles. The number of carbonyl (C=O) groups excluding carboxylic acids is 2. The van der Waals surface area contributed by atoms with Gasteiger partial charge in [-0.3, -0.25) is 4.79 Å². The van der Waals surface area contributed by atoms with E-state index in [2.05, 4.69) is 5.32 Å². The first-order valence-electron chi connectivity index (χ1n) is 8.40. The highest BCUT2D eigenvalue weighted by Gasteiger charge is 2.45. The largest absolute Gasteiger partial charge is 0.462 e. The molecule has 5 heteroatoms. The Balaban J connectivity index is 1.80. The van der Waals surface area contributed by atoms with Gasteiger partial charge < -0.3 is 10.1 Å². The quantitative estimate of drug-likeness (QED) is 0.834. The highest BCUT2D eigenvalue weighted by atomic mass is 19.1. The predicted octanol–water partition coefficient (Wildman–Crippen LogP) is 4.06. The van der Waals surface area contributed by atoms with Crippen molar-refractivity contribution in [2.45, 2.75) is 31.6 Å². The summed E-state index contributed by atoms with van der Waals surface area (Å²) in [6.45, 7) is 2.04. The lowest BCUT2D eigenvalue weighted by molar-refractivity contribution is -0.124. The summed E-state index contributed by atoms with van der Waals surface area (Å²) in [5, 5.41) is 2.89. The fraction of sp³-hybridized carbons (Fsp3) is 0.300. The molecule has 4 nitrogen and oxygen atoms in total. The molecule has 0 unspecified atom stereocenters. The van der Waals surface area contributed by atoms with Gasteiger partial charge in [0.2, 0.25) is 5.91 Å². The van der Waals surface area contributed by atoms with Gasteiger partial charge >= 0.3 is 5.97 Å². The monoisotopic (exact) mass is 341 g/mol. The Morgan fingerprint density at radius 1 is 1.16 bits per heavy atom. The molecule has 1 aliphatic carbocycles. The van der Waals surface area contributed by atoms with Gasteiger partial charge in [-0.15, -0.1) is 0 Å². The smallest absolute Gasteiger partial charge is 0.338 e. The second-order valence-corrected chi connectivity index (χ2v) is 6.20. The van der Waals surface area contributed by atoms with Crippen molar-refractivity contribution >= 4 is 17.6 Å². The molecule has 1 saturated carbocycles. The highest BCUT2D eigenvalue weighted by Crippen LogP contribution is 2.44. The number of benzene rings is 2. The van der Waals surface area contributed by atoms with Gasteiger partial charge in [-0.25, -0.2) is 9.18 Å². The van der Waals surface area contributed by atoms with Crippen molar-refractivity contribution < 1.29 is 18.7 Å². The standard InChI is InChI=1S/C20H20FNO3/c1-2-25-18(23)14-5-3-6-17(13-14)22-19(24)20(11-4-12-20)15-7-9-16(21)10-8-15/h3,5-10,13H,2,4,11-12H2,1H3,(H,22,24). The second-order valence-electron chi connectivity index (χ2n) is 6.20. The molecular weight excluding hydrogens is 321 g/mol. The highest BCUT2D eigenvalue weighted by molar-refractivity contribution is 6.01. The molecule has 3 rings (SSSR count). The third kappa shape index (κ3) is 3.40. The van der Waals surface area contributed by atoms with Gasteiger partial charge in [-0.1, -0.05) is 24.6 Å². The lowest BCUT2D eigenvalue weighted by atomic mass is 9.64. The van der Waals surface area contributed by atoms with Crippen LogP contribution in [-0.4, -0.2) is 18.5 Å². The van der Waals surface area contributed by atoms with Crippen molar-refractivity contribution in [3.8, 4) is 0 Å². The number of hydrogen-bond donors (Lipinski definition) is 1. The van der Waals surface area contributed by atoms with Crippen LogP contribution in [0, 0.1) is 5.82 Å². The minimum absolute atomic E-state index is 0.133. The molecule has 2 aromatic carbocycles. The molecule has 1 aliphatic rings. The summed E-state index contributed by atoms with van der Waals surface area (Å²) in [7, 11) is 0. The third-order valence-electron chi connectivity index (χ3n) is 4.67. The van der Waals surface area contributed by atoms with E-state index in [4.69, 9.17) is 4.74 Å². The minimum Gasteiger partial charge on any atom is -0.462 e. The molecule has 2 aromatic rings. The first kappa shape index (κ1) is 17.1. The van der Waals surface area contributed by atoms with Crippen molar-refractivity contribution in [1.82, 2.24) is 0 Å². The average molecular weight is 341 g/mol. The predicted molar refractivity (Wildman–Crippen MR) is 93.0 cm³/mol. The van der Waals surface area contributed by atoms with Crippen LogP contribution in [0.15, 0.2) is 48.5 Å². The van der Waals surface area contributed by atoms with Crippen LogP contribution in [0.1, 0.15) is 42.1 Å². The number of rotatable bonds is 5. The van der Waals surface area contributed by atoms with E-state index in [1.165, 1.54) is 12.1 Å². The zero-order chi connectivity index (χ0) is 17.9. The Kier molecular flexibility index (Phi) is 4.83. The van der Waals surface area contributed by atoms with E-state index in [9.17, 15) is 14.0 Å². The molecule has 0 aromatic heterocycles. The number of anilines is 1. The summed E-state index contributed by atoms with van der Waals surface area (Å²) in [4.78, 5) is 24.7. The van der Waals surface area contributed by atoms with Crippen LogP contribution >= 0.6 is 0 Å². The molecule has 0 spiro atoms. The van der Waals surface area contributed by atoms with Gasteiger partial charge in [-0.05, 0) is 55.7 Å². The minimum atomic E-state index is -0.631. The summed E-state index contributed by atoms with van der Waals surface area (Å²) >= 11 is 0. The fourth-order valence-corrected chi connectivity index (χ4v) is 3.14. The third-order valence-corrected chi connectivity index (χ3v) is 4.67. The lowest BCUT2D eigenvalue weighted by Gasteiger charge is -2.40. The van der Waals surface area contributed by atoms with Crippen molar-refractivity contribution in [1.29, 1.82) is 0 Å². The number of halogens is 1. The molecule has 0 aliphatic heterocycles. The van der Waals surface area contributed by atoms with Crippen molar-refractivity contribution in [3.63, 3.8) is 0 Å². The van der Waals surface area contributed by atoms with E-state index in [1.807, 2.05) is 0 Å². The van der Waals surface area contributed by atoms with Gasteiger partial charge in [0, 0.05) is 5.69 Å². The van der Waals surface area contributed by atoms with Crippen molar-refractivity contribution in [2.75, 3.05) is 11.9 Å². The number of ether oxygens (including phenoxy) is 1. The van der Waals surface area contributed by atoms with E-state index in [-0.39, 0.29) is 11.7 Å². The second kappa shape index (κ2) is 7.05. The summed E-state index contributed by atoms with van der Waals surface area (Å²) < 4.78 is 18.2. The maximum absolute atomic E-state index is 13.2. The topological polar surface area (TPSA) is 55.4 Å². The van der Waals surface area contributed by atoms with Crippen molar-refractivity contribution in [2.24, 2.45) is 0 Å². The molecule has 1 fully saturated rings. The number of carbonyl (C=O) groups is 2. The number of amides is 1. The molecular formula is C20H20FNO3. The molecule has 0 bridgehead atoms. The number of hydrogen-bond acceptors (Lipinski definition) is 3. The van der Waals surface area contributed by atoms with Gasteiger partial charge in [0.05, 0.1) is 17.6 Å². The van der Waals surface area contributed by atoms with E-state index >= 15 is 0 Å². The Labute approximate surface area is 146 Å². The van der Waals surface area contributed by atoms with Gasteiger partial charge in [0.1, 0.15) is 5.82 Å². The molecule has 1 N–H and O–H groups in total. The molecule has 130 valence electrons. The normalized spacial score (nSPS) is 15.1. The summed E-state index contributed by atoms with van der Waals surface area (Å²) in [6.07, 6.45) is 2.40. The van der Waals surface area contributed by atoms with Crippen LogP contribution < -0.4 is 5.32 Å². The van der Waals surface area contributed by atoms with Crippen LogP contribution in [0.4, 0.5) is 10.1 Å². The van der Waals surface area contributed by atoms with E-state index in [0.717, 1.165) is 24.8 Å². The van der Waals surface area contributed by atoms with E-state index in [1.54, 1.807) is 43.3 Å². The first-order valence-corrected chi connectivity index (χ1v) is 8.40. The molecule has 0 saturated heterocycles. The maximum atomic E-state index is 13.2. The van der Waals surface area contributed by atoms with Gasteiger partial charge in [0.25, 0.3) is 0 Å². The van der Waals surface area contributed by atoms with Gasteiger partial charge in [0.15, 0.2) is 0 Å². The van der Waals surface area contributed by atoms with Crippen LogP contribution in [-0.2, 0) is 14.9 Å². The Bertz CT molecular complexity index is 782. The van der Waals surface area contributed by atoms with Crippen molar-refractivity contribution in [3.05, 3.63) is 65.5 Å². The summed E-state index contributed by atoms with van der Waals surface area (Å²) in [5.41, 5.74) is 1.13. The summed E-state index contributed by atoms with van der Waals surface area (Å²) in [5.74, 6) is -0.873. The number of esters is 1. The maximum Gasteiger partial charge on any atom is 0.338 e. The van der Waals surface area contributed by atoms with Crippen LogP contribution in [0.2, 0.25) is 0 Å². The number of nitrogens with one attached hydrogen (secondary N) is 1. The van der Waals surface area contributed by atoms with Gasteiger partial charge in [-0.2, -0.15) is 0 Å². The Hall–Kier alpha value is -2.69. The zero-order valence-corrected chi connectivity index (χ0v) is 14.0. The van der Waals surface area contributed by atoms with Crippen LogP contribution in [0.5, 0.6) is 0 Å². The molecule has 0 radical (unpaired) electrons. The average Bonchev–Trinajstić information content (AvgIpc) is 2.56. The lowest BCUT2D eigenvalue weighted by Crippen LogP contribution is -2.46. The zero-order valence-electron chi connectivity index (χ0n) is 14.0.